The standard InChI is InChI=1S/C29H30N2O6/c1-17-26(29(34)37-21-10-6-3-7-11-21)27(19-12-13-24(32)23(15-19)31(35)36)28-22(30-17)14-20(16-25(28)33)18-8-4-2-5-9-18/h2,4-5,8-9,12-13,15,20-21,26-27,32H,3,6-7,10-11,14,16H2,1H3/p-1/t20-,26?,27+/m1/s1. The van der Waals surface area contributed by atoms with Crippen molar-refractivity contribution in [1.82, 2.24) is 0 Å². The summed E-state index contributed by atoms with van der Waals surface area (Å²) in [7, 11) is 0. The fourth-order valence-electron chi connectivity index (χ4n) is 5.98. The number of aliphatic imine (C=N–C) groups is 1. The van der Waals surface area contributed by atoms with E-state index >= 15 is 0 Å². The second kappa shape index (κ2) is 10.3. The largest absolute Gasteiger partial charge is 0.868 e. The number of nitrogens with zero attached hydrogens (tertiary/aromatic N) is 2. The molecule has 0 radical (unpaired) electrons. The summed E-state index contributed by atoms with van der Waals surface area (Å²) in [4.78, 5) is 42.8. The molecule has 2 aromatic carbocycles. The summed E-state index contributed by atoms with van der Waals surface area (Å²) in [6.45, 7) is 1.75. The minimum absolute atomic E-state index is 0.0475. The van der Waals surface area contributed by atoms with Gasteiger partial charge in [0.05, 0.1) is 4.92 Å². The molecule has 3 aliphatic rings. The topological polar surface area (TPSA) is 122 Å². The first kappa shape index (κ1) is 24.9. The number of ether oxygens (including phenoxy) is 1. The van der Waals surface area contributed by atoms with Gasteiger partial charge in [0.2, 0.25) is 0 Å². The van der Waals surface area contributed by atoms with Crippen LogP contribution in [0.2, 0.25) is 0 Å². The van der Waals surface area contributed by atoms with Crippen LogP contribution in [0.3, 0.4) is 0 Å². The third-order valence-corrected chi connectivity index (χ3v) is 7.79. The summed E-state index contributed by atoms with van der Waals surface area (Å²) < 4.78 is 5.91. The monoisotopic (exact) mass is 501 g/mol. The Morgan fingerprint density at radius 3 is 2.46 bits per heavy atom. The van der Waals surface area contributed by atoms with Crippen LogP contribution < -0.4 is 5.11 Å². The van der Waals surface area contributed by atoms with Crippen LogP contribution in [-0.4, -0.2) is 28.5 Å². The second-order valence-corrected chi connectivity index (χ2v) is 10.2. The molecule has 0 N–H and O–H groups in total. The van der Waals surface area contributed by atoms with Crippen LogP contribution in [-0.2, 0) is 14.3 Å². The highest BCUT2D eigenvalue weighted by Gasteiger charge is 2.45. The number of ketones is 1. The van der Waals surface area contributed by atoms with Gasteiger partial charge < -0.3 is 9.84 Å². The van der Waals surface area contributed by atoms with E-state index in [0.717, 1.165) is 43.7 Å². The number of carbonyl (C=O) groups is 2. The van der Waals surface area contributed by atoms with Crippen molar-refractivity contribution in [1.29, 1.82) is 0 Å². The van der Waals surface area contributed by atoms with E-state index in [0.29, 0.717) is 29.0 Å². The molecule has 2 aromatic rings. The van der Waals surface area contributed by atoms with E-state index in [-0.39, 0.29) is 24.2 Å². The average Bonchev–Trinajstić information content (AvgIpc) is 2.89. The summed E-state index contributed by atoms with van der Waals surface area (Å²) >= 11 is 0. The van der Waals surface area contributed by atoms with Crippen molar-refractivity contribution in [3.63, 3.8) is 0 Å². The maximum atomic E-state index is 13.7. The zero-order valence-electron chi connectivity index (χ0n) is 20.7. The first-order valence-corrected chi connectivity index (χ1v) is 12.9. The summed E-state index contributed by atoms with van der Waals surface area (Å²) in [6.07, 6.45) is 5.26. The summed E-state index contributed by atoms with van der Waals surface area (Å²) in [5.41, 5.74) is 2.35. The van der Waals surface area contributed by atoms with E-state index in [9.17, 15) is 24.8 Å². The zero-order valence-corrected chi connectivity index (χ0v) is 20.7. The van der Waals surface area contributed by atoms with Crippen molar-refractivity contribution in [2.24, 2.45) is 10.9 Å². The first-order valence-electron chi connectivity index (χ1n) is 12.9. The summed E-state index contributed by atoms with van der Waals surface area (Å²) in [5.74, 6) is -3.07. The Hall–Kier alpha value is -3.81. The Balaban J connectivity index is 1.57. The quantitative estimate of drug-likeness (QED) is 0.318. The molecule has 1 unspecified atom stereocenters. The predicted molar refractivity (Wildman–Crippen MR) is 135 cm³/mol. The van der Waals surface area contributed by atoms with Gasteiger partial charge in [-0.3, -0.25) is 24.7 Å². The van der Waals surface area contributed by atoms with E-state index in [2.05, 4.69) is 0 Å². The summed E-state index contributed by atoms with van der Waals surface area (Å²) in [5, 5.41) is 23.7. The van der Waals surface area contributed by atoms with Crippen molar-refractivity contribution in [3.8, 4) is 5.75 Å². The van der Waals surface area contributed by atoms with E-state index < -0.39 is 34.2 Å². The molecule has 2 aliphatic carbocycles. The predicted octanol–water partition coefficient (Wildman–Crippen LogP) is 5.12. The molecule has 0 bridgehead atoms. The number of hydrogen-bond donors (Lipinski definition) is 0. The van der Waals surface area contributed by atoms with Gasteiger partial charge >= 0.3 is 5.97 Å². The maximum absolute atomic E-state index is 13.7. The van der Waals surface area contributed by atoms with Gasteiger partial charge in [0.25, 0.3) is 5.69 Å². The molecule has 0 amide bonds. The van der Waals surface area contributed by atoms with Crippen LogP contribution in [0.1, 0.15) is 74.8 Å². The highest BCUT2D eigenvalue weighted by Crippen LogP contribution is 2.48. The van der Waals surface area contributed by atoms with Gasteiger partial charge in [0, 0.05) is 35.4 Å². The number of rotatable bonds is 5. The van der Waals surface area contributed by atoms with Crippen LogP contribution in [0.15, 0.2) is 64.8 Å². The van der Waals surface area contributed by atoms with Gasteiger partial charge in [-0.1, -0.05) is 48.9 Å². The molecule has 8 nitrogen and oxygen atoms in total. The smallest absolute Gasteiger partial charge is 0.315 e. The molecule has 3 atom stereocenters. The number of nitro benzene ring substituents is 1. The van der Waals surface area contributed by atoms with Gasteiger partial charge in [-0.2, -0.15) is 0 Å². The van der Waals surface area contributed by atoms with Gasteiger partial charge in [-0.15, -0.1) is 0 Å². The molecule has 5 rings (SSSR count). The number of Topliss-reactive ketones (excluding diaryl/α,β-unsaturated/α-hetero) is 1. The molecule has 192 valence electrons. The second-order valence-electron chi connectivity index (χ2n) is 10.2. The van der Waals surface area contributed by atoms with Crippen LogP contribution >= 0.6 is 0 Å². The molecule has 0 aromatic heterocycles. The maximum Gasteiger partial charge on any atom is 0.315 e. The van der Waals surface area contributed by atoms with Gasteiger partial charge in [0.15, 0.2) is 5.78 Å². The minimum atomic E-state index is -0.894. The van der Waals surface area contributed by atoms with Crippen LogP contribution in [0.25, 0.3) is 0 Å². The van der Waals surface area contributed by atoms with Crippen molar-refractivity contribution >= 4 is 23.2 Å². The van der Waals surface area contributed by atoms with Crippen molar-refractivity contribution in [3.05, 3.63) is 81.0 Å². The van der Waals surface area contributed by atoms with Gasteiger partial charge in [0.1, 0.15) is 12.0 Å². The SMILES string of the molecule is CC1=NC2=C(C(=O)C[C@H](c3ccccc3)C2)[C@@H](c2ccc([O-])c([N+](=O)[O-])c2)C1C(=O)OC1CCCCC1. The van der Waals surface area contributed by atoms with Crippen molar-refractivity contribution < 1.29 is 24.4 Å². The fraction of sp³-hybridized carbons (Fsp3) is 0.414. The van der Waals surface area contributed by atoms with Gasteiger partial charge in [-0.05, 0) is 61.8 Å². The zero-order chi connectivity index (χ0) is 26.1. The fourth-order valence-corrected chi connectivity index (χ4v) is 5.98. The number of nitro groups is 1. The molecule has 1 heterocycles. The summed E-state index contributed by atoms with van der Waals surface area (Å²) in [6, 6.07) is 13.6. The van der Waals surface area contributed by atoms with Gasteiger partial charge in [-0.25, -0.2) is 0 Å². The Morgan fingerprint density at radius 2 is 1.76 bits per heavy atom. The lowest BCUT2D eigenvalue weighted by Gasteiger charge is -2.37. The Labute approximate surface area is 215 Å². The lowest BCUT2D eigenvalue weighted by molar-refractivity contribution is -0.398. The minimum Gasteiger partial charge on any atom is -0.868 e. The van der Waals surface area contributed by atoms with Crippen molar-refractivity contribution in [2.45, 2.75) is 69.8 Å². The number of benzene rings is 2. The molecular weight excluding hydrogens is 472 g/mol. The number of hydrogen-bond acceptors (Lipinski definition) is 7. The molecule has 37 heavy (non-hydrogen) atoms. The average molecular weight is 502 g/mol. The Bertz CT molecular complexity index is 1290. The Kier molecular flexibility index (Phi) is 6.91. The lowest BCUT2D eigenvalue weighted by atomic mass is 9.69. The first-order chi connectivity index (χ1) is 17.8. The number of carbonyl (C=O) groups excluding carboxylic acids is 2. The normalized spacial score (nSPS) is 24.3. The number of allylic oxidation sites excluding steroid dienone is 2. The molecule has 0 spiro atoms. The third-order valence-electron chi connectivity index (χ3n) is 7.79. The molecule has 1 aliphatic heterocycles. The highest BCUT2D eigenvalue weighted by atomic mass is 16.6. The van der Waals surface area contributed by atoms with Crippen LogP contribution in [0.5, 0.6) is 5.75 Å². The van der Waals surface area contributed by atoms with Crippen molar-refractivity contribution in [2.75, 3.05) is 0 Å². The van der Waals surface area contributed by atoms with E-state index in [1.807, 2.05) is 30.3 Å². The molecule has 1 fully saturated rings. The molecule has 1 saturated carbocycles. The number of esters is 1. The third kappa shape index (κ3) is 4.92. The molecule has 8 heteroatoms. The lowest BCUT2D eigenvalue weighted by Crippen LogP contribution is -2.39. The van der Waals surface area contributed by atoms with E-state index in [4.69, 9.17) is 9.73 Å². The highest BCUT2D eigenvalue weighted by molar-refractivity contribution is 6.09. The van der Waals surface area contributed by atoms with E-state index in [1.54, 1.807) is 6.92 Å². The van der Waals surface area contributed by atoms with Crippen LogP contribution in [0.4, 0.5) is 5.69 Å². The molecular formula is C29H29N2O6-. The van der Waals surface area contributed by atoms with E-state index in [1.165, 1.54) is 12.1 Å². The Morgan fingerprint density at radius 1 is 1.03 bits per heavy atom. The molecule has 0 saturated heterocycles. The van der Waals surface area contributed by atoms with Crippen LogP contribution in [0, 0.1) is 16.0 Å².